The van der Waals surface area contributed by atoms with Crippen molar-refractivity contribution in [3.63, 3.8) is 0 Å². The third-order valence-electron chi connectivity index (χ3n) is 5.27. The third-order valence-corrected chi connectivity index (χ3v) is 5.27. The van der Waals surface area contributed by atoms with Gasteiger partial charge in [0.1, 0.15) is 6.29 Å². The predicted molar refractivity (Wildman–Crippen MR) is 99.9 cm³/mol. The van der Waals surface area contributed by atoms with Gasteiger partial charge in [-0.2, -0.15) is 0 Å². The fourth-order valence-corrected chi connectivity index (χ4v) is 3.37. The minimum absolute atomic E-state index is 0.448. The summed E-state index contributed by atoms with van der Waals surface area (Å²) in [5.74, 6) is 0. The molecule has 0 aliphatic carbocycles. The highest BCUT2D eigenvalue weighted by atomic mass is 16.1. The van der Waals surface area contributed by atoms with Crippen molar-refractivity contribution in [2.75, 3.05) is 31.1 Å². The van der Waals surface area contributed by atoms with Crippen LogP contribution in [0.25, 0.3) is 0 Å². The van der Waals surface area contributed by atoms with E-state index in [4.69, 9.17) is 0 Å². The Balaban J connectivity index is 1.63. The largest absolute Gasteiger partial charge is 0.369 e. The average molecular weight is 322 g/mol. The molecule has 1 aliphatic heterocycles. The molecule has 0 bridgehead atoms. The second kappa shape index (κ2) is 7.18. The fraction of sp³-hybridized carbons (Fsp3) is 0.381. The first-order valence-corrected chi connectivity index (χ1v) is 8.70. The van der Waals surface area contributed by atoms with Crippen LogP contribution in [-0.2, 0) is 0 Å². The lowest BCUT2D eigenvalue weighted by Crippen LogP contribution is -2.47. The zero-order valence-electron chi connectivity index (χ0n) is 14.8. The van der Waals surface area contributed by atoms with Crippen LogP contribution in [0.4, 0.5) is 5.69 Å². The number of benzene rings is 2. The first-order chi connectivity index (χ1) is 11.6. The van der Waals surface area contributed by atoms with Gasteiger partial charge in [-0.05, 0) is 61.7 Å². The Morgan fingerprint density at radius 1 is 0.917 bits per heavy atom. The molecule has 3 heteroatoms. The van der Waals surface area contributed by atoms with Gasteiger partial charge in [0.25, 0.3) is 0 Å². The van der Waals surface area contributed by atoms with Crippen molar-refractivity contribution in [3.05, 3.63) is 64.7 Å². The monoisotopic (exact) mass is 322 g/mol. The van der Waals surface area contributed by atoms with Crippen molar-refractivity contribution >= 4 is 12.0 Å². The number of rotatable bonds is 4. The van der Waals surface area contributed by atoms with Gasteiger partial charge < -0.3 is 4.90 Å². The number of anilines is 1. The van der Waals surface area contributed by atoms with Gasteiger partial charge in [-0.1, -0.05) is 18.2 Å². The molecule has 1 saturated heterocycles. The van der Waals surface area contributed by atoms with Crippen molar-refractivity contribution in [1.82, 2.24) is 4.90 Å². The van der Waals surface area contributed by atoms with Crippen molar-refractivity contribution in [2.45, 2.75) is 26.8 Å². The number of piperazine rings is 1. The maximum Gasteiger partial charge on any atom is 0.150 e. The summed E-state index contributed by atoms with van der Waals surface area (Å²) in [6.45, 7) is 10.8. The van der Waals surface area contributed by atoms with Crippen molar-refractivity contribution in [1.29, 1.82) is 0 Å². The van der Waals surface area contributed by atoms with E-state index in [-0.39, 0.29) is 0 Å². The second-order valence-corrected chi connectivity index (χ2v) is 6.75. The molecule has 0 unspecified atom stereocenters. The van der Waals surface area contributed by atoms with Crippen LogP contribution in [0.5, 0.6) is 0 Å². The van der Waals surface area contributed by atoms with Crippen LogP contribution in [0.3, 0.4) is 0 Å². The van der Waals surface area contributed by atoms with Crippen LogP contribution in [-0.4, -0.2) is 37.4 Å². The molecule has 2 aromatic rings. The first-order valence-electron chi connectivity index (χ1n) is 8.70. The minimum atomic E-state index is 0.448. The molecule has 0 N–H and O–H groups in total. The molecule has 0 aromatic heterocycles. The molecule has 1 heterocycles. The predicted octanol–water partition coefficient (Wildman–Crippen LogP) is 4.00. The van der Waals surface area contributed by atoms with Gasteiger partial charge in [-0.3, -0.25) is 9.69 Å². The number of nitrogens with zero attached hydrogens (tertiary/aromatic N) is 2. The normalized spacial score (nSPS) is 16.9. The Hall–Kier alpha value is -2.13. The van der Waals surface area contributed by atoms with Crippen LogP contribution < -0.4 is 4.90 Å². The van der Waals surface area contributed by atoms with Crippen molar-refractivity contribution in [3.8, 4) is 0 Å². The molecule has 0 spiro atoms. The maximum atomic E-state index is 10.8. The fourth-order valence-electron chi connectivity index (χ4n) is 3.37. The lowest BCUT2D eigenvalue weighted by molar-refractivity contribution is 0.112. The molecule has 3 nitrogen and oxygen atoms in total. The average Bonchev–Trinajstić information content (AvgIpc) is 2.63. The summed E-state index contributed by atoms with van der Waals surface area (Å²) in [6.07, 6.45) is 0.896. The second-order valence-electron chi connectivity index (χ2n) is 6.75. The highest BCUT2D eigenvalue weighted by molar-refractivity contribution is 5.75. The summed E-state index contributed by atoms with van der Waals surface area (Å²) in [4.78, 5) is 15.7. The molecule has 0 saturated carbocycles. The Kier molecular flexibility index (Phi) is 5.00. The van der Waals surface area contributed by atoms with E-state index >= 15 is 0 Å². The summed E-state index contributed by atoms with van der Waals surface area (Å²) < 4.78 is 0. The highest BCUT2D eigenvalue weighted by Gasteiger charge is 2.22. The molecule has 1 fully saturated rings. The Labute approximate surface area is 144 Å². The molecule has 0 radical (unpaired) electrons. The van der Waals surface area contributed by atoms with Crippen molar-refractivity contribution in [2.24, 2.45) is 0 Å². The van der Waals surface area contributed by atoms with E-state index in [1.165, 1.54) is 22.4 Å². The molecule has 0 amide bonds. The van der Waals surface area contributed by atoms with Crippen LogP contribution in [0, 0.1) is 13.8 Å². The summed E-state index contributed by atoms with van der Waals surface area (Å²) in [5, 5.41) is 0. The smallest absolute Gasteiger partial charge is 0.150 e. The van der Waals surface area contributed by atoms with Gasteiger partial charge >= 0.3 is 0 Å². The van der Waals surface area contributed by atoms with Crippen LogP contribution in [0.2, 0.25) is 0 Å². The Morgan fingerprint density at radius 2 is 1.58 bits per heavy atom. The third kappa shape index (κ3) is 3.51. The van der Waals surface area contributed by atoms with Gasteiger partial charge in [0.15, 0.2) is 0 Å². The minimum Gasteiger partial charge on any atom is -0.369 e. The van der Waals surface area contributed by atoms with E-state index in [9.17, 15) is 4.79 Å². The van der Waals surface area contributed by atoms with Gasteiger partial charge in [0, 0.05) is 43.5 Å². The zero-order valence-corrected chi connectivity index (χ0v) is 14.8. The van der Waals surface area contributed by atoms with Crippen molar-refractivity contribution < 1.29 is 4.79 Å². The van der Waals surface area contributed by atoms with Crippen LogP contribution >= 0.6 is 0 Å². The van der Waals surface area contributed by atoms with E-state index in [1.54, 1.807) is 0 Å². The lowest BCUT2D eigenvalue weighted by Gasteiger charge is -2.39. The molecule has 126 valence electrons. The SMILES string of the molecule is Cc1ccc([C@@H](C)N2CCN(c3ccc(C=O)cc3)CC2)cc1C. The summed E-state index contributed by atoms with van der Waals surface area (Å²) >= 11 is 0. The summed E-state index contributed by atoms with van der Waals surface area (Å²) in [7, 11) is 0. The number of aldehydes is 1. The van der Waals surface area contributed by atoms with Crippen LogP contribution in [0.15, 0.2) is 42.5 Å². The zero-order chi connectivity index (χ0) is 17.1. The molecule has 1 atom stereocenters. The van der Waals surface area contributed by atoms with Gasteiger partial charge in [0.05, 0.1) is 0 Å². The lowest BCUT2D eigenvalue weighted by atomic mass is 10.0. The number of hydrogen-bond acceptors (Lipinski definition) is 3. The van der Waals surface area contributed by atoms with Gasteiger partial charge in [-0.25, -0.2) is 0 Å². The first kappa shape index (κ1) is 16.7. The van der Waals surface area contributed by atoms with E-state index < -0.39 is 0 Å². The Morgan fingerprint density at radius 3 is 2.17 bits per heavy atom. The maximum absolute atomic E-state index is 10.8. The number of aryl methyl sites for hydroxylation is 2. The number of hydrogen-bond donors (Lipinski definition) is 0. The number of carbonyl (C=O) groups is 1. The Bertz CT molecular complexity index is 700. The van der Waals surface area contributed by atoms with E-state index in [1.807, 2.05) is 24.3 Å². The topological polar surface area (TPSA) is 23.6 Å². The van der Waals surface area contributed by atoms with E-state index in [2.05, 4.69) is 48.8 Å². The standard InChI is InChI=1S/C21H26N2O/c1-16-4-7-20(14-17(16)2)18(3)22-10-12-23(13-11-22)21-8-5-19(15-24)6-9-21/h4-9,14-15,18H,10-13H2,1-3H3/t18-/m1/s1. The highest BCUT2D eigenvalue weighted by Crippen LogP contribution is 2.25. The van der Waals surface area contributed by atoms with E-state index in [0.29, 0.717) is 6.04 Å². The molecule has 2 aromatic carbocycles. The molecule has 1 aliphatic rings. The van der Waals surface area contributed by atoms with Crippen LogP contribution in [0.1, 0.15) is 40.0 Å². The quantitative estimate of drug-likeness (QED) is 0.795. The molecule has 3 rings (SSSR count). The van der Waals surface area contributed by atoms with Gasteiger partial charge in [-0.15, -0.1) is 0 Å². The molecular weight excluding hydrogens is 296 g/mol. The molecule has 24 heavy (non-hydrogen) atoms. The number of carbonyl (C=O) groups excluding carboxylic acids is 1. The van der Waals surface area contributed by atoms with Gasteiger partial charge in [0.2, 0.25) is 0 Å². The summed E-state index contributed by atoms with van der Waals surface area (Å²) in [6, 6.07) is 15.1. The molecular formula is C21H26N2O. The van der Waals surface area contributed by atoms with E-state index in [0.717, 1.165) is 38.0 Å². The summed E-state index contributed by atoms with van der Waals surface area (Å²) in [5.41, 5.74) is 6.07.